The Morgan fingerprint density at radius 3 is 2.76 bits per heavy atom. The van der Waals surface area contributed by atoms with Crippen LogP contribution in [0.1, 0.15) is 33.1 Å². The van der Waals surface area contributed by atoms with E-state index in [1.807, 2.05) is 0 Å². The van der Waals surface area contributed by atoms with Crippen LogP contribution in [0.25, 0.3) is 0 Å². The first kappa shape index (κ1) is 14.3. The average molecular weight is 288 g/mol. The Kier molecular flexibility index (Phi) is 4.08. The van der Waals surface area contributed by atoms with Crippen LogP contribution in [0.15, 0.2) is 18.6 Å². The molecule has 1 saturated heterocycles. The van der Waals surface area contributed by atoms with E-state index >= 15 is 0 Å². The lowest BCUT2D eigenvalue weighted by Gasteiger charge is -2.35. The van der Waals surface area contributed by atoms with Gasteiger partial charge in [0.1, 0.15) is 5.82 Å². The first-order valence-corrected chi connectivity index (χ1v) is 7.95. The summed E-state index contributed by atoms with van der Waals surface area (Å²) in [6.45, 7) is 6.95. The van der Waals surface area contributed by atoms with Gasteiger partial charge in [0.25, 0.3) is 0 Å². The molecule has 2 fully saturated rings. The van der Waals surface area contributed by atoms with Crippen LogP contribution in [-0.2, 0) is 4.79 Å². The largest absolute Gasteiger partial charge is 0.353 e. The van der Waals surface area contributed by atoms with E-state index in [1.165, 1.54) is 12.8 Å². The molecule has 1 amide bonds. The van der Waals surface area contributed by atoms with Crippen molar-refractivity contribution < 1.29 is 4.79 Å². The van der Waals surface area contributed by atoms with Crippen molar-refractivity contribution in [1.82, 2.24) is 14.9 Å². The molecule has 1 aromatic rings. The second-order valence-electron chi connectivity index (χ2n) is 6.56. The van der Waals surface area contributed by atoms with Gasteiger partial charge < -0.3 is 9.80 Å². The quantitative estimate of drug-likeness (QED) is 0.849. The first-order chi connectivity index (χ1) is 10.1. The SMILES string of the molecule is CC(C)[C@@H]1CN(c2cnccn2)CCC(=O)N1CC1CC1. The van der Waals surface area contributed by atoms with Crippen LogP contribution in [-0.4, -0.2) is 46.5 Å². The van der Waals surface area contributed by atoms with Crippen LogP contribution in [0.3, 0.4) is 0 Å². The zero-order valence-electron chi connectivity index (χ0n) is 12.9. The molecule has 0 spiro atoms. The number of carbonyl (C=O) groups is 1. The van der Waals surface area contributed by atoms with Crippen molar-refractivity contribution in [3.8, 4) is 0 Å². The number of anilines is 1. The third-order valence-electron chi connectivity index (χ3n) is 4.52. The van der Waals surface area contributed by atoms with Crippen LogP contribution in [0.2, 0.25) is 0 Å². The number of carbonyl (C=O) groups excluding carboxylic acids is 1. The lowest BCUT2D eigenvalue weighted by molar-refractivity contribution is -0.133. The van der Waals surface area contributed by atoms with Crippen LogP contribution < -0.4 is 4.90 Å². The van der Waals surface area contributed by atoms with Crippen molar-refractivity contribution in [2.75, 3.05) is 24.5 Å². The molecule has 0 radical (unpaired) electrons. The fraction of sp³-hybridized carbons (Fsp3) is 0.688. The Balaban J connectivity index is 1.80. The van der Waals surface area contributed by atoms with Crippen LogP contribution >= 0.6 is 0 Å². The highest BCUT2D eigenvalue weighted by molar-refractivity contribution is 5.78. The molecular formula is C16H24N4O. The van der Waals surface area contributed by atoms with E-state index in [-0.39, 0.29) is 6.04 Å². The van der Waals surface area contributed by atoms with Crippen molar-refractivity contribution >= 4 is 11.7 Å². The maximum Gasteiger partial charge on any atom is 0.224 e. The third kappa shape index (κ3) is 3.34. The molecule has 5 nitrogen and oxygen atoms in total. The zero-order valence-corrected chi connectivity index (χ0v) is 12.9. The van der Waals surface area contributed by atoms with E-state index in [4.69, 9.17) is 0 Å². The third-order valence-corrected chi connectivity index (χ3v) is 4.52. The van der Waals surface area contributed by atoms with E-state index in [0.717, 1.165) is 31.4 Å². The van der Waals surface area contributed by atoms with E-state index in [1.54, 1.807) is 18.6 Å². The van der Waals surface area contributed by atoms with Crippen molar-refractivity contribution in [2.24, 2.45) is 11.8 Å². The molecule has 3 rings (SSSR count). The predicted molar refractivity (Wildman–Crippen MR) is 81.9 cm³/mol. The van der Waals surface area contributed by atoms with Crippen molar-refractivity contribution in [3.63, 3.8) is 0 Å². The molecule has 114 valence electrons. The van der Waals surface area contributed by atoms with Gasteiger partial charge in [0.2, 0.25) is 5.91 Å². The molecule has 21 heavy (non-hydrogen) atoms. The van der Waals surface area contributed by atoms with Gasteiger partial charge in [-0.05, 0) is 24.7 Å². The molecule has 2 aliphatic rings. The van der Waals surface area contributed by atoms with Crippen LogP contribution in [0, 0.1) is 11.8 Å². The summed E-state index contributed by atoms with van der Waals surface area (Å²) < 4.78 is 0. The lowest BCUT2D eigenvalue weighted by Crippen LogP contribution is -2.47. The Morgan fingerprint density at radius 1 is 1.33 bits per heavy atom. The van der Waals surface area contributed by atoms with Gasteiger partial charge in [-0.2, -0.15) is 0 Å². The molecule has 1 aromatic heterocycles. The van der Waals surface area contributed by atoms with Gasteiger partial charge >= 0.3 is 0 Å². The summed E-state index contributed by atoms with van der Waals surface area (Å²) in [7, 11) is 0. The van der Waals surface area contributed by atoms with E-state index in [9.17, 15) is 4.79 Å². The number of nitrogens with zero attached hydrogens (tertiary/aromatic N) is 4. The topological polar surface area (TPSA) is 49.3 Å². The fourth-order valence-corrected chi connectivity index (χ4v) is 3.02. The molecule has 1 atom stereocenters. The summed E-state index contributed by atoms with van der Waals surface area (Å²) in [5.41, 5.74) is 0. The summed E-state index contributed by atoms with van der Waals surface area (Å²) in [5, 5.41) is 0. The van der Waals surface area contributed by atoms with Gasteiger partial charge in [-0.3, -0.25) is 9.78 Å². The van der Waals surface area contributed by atoms with Crippen LogP contribution in [0.4, 0.5) is 5.82 Å². The highest BCUT2D eigenvalue weighted by atomic mass is 16.2. The van der Waals surface area contributed by atoms with Gasteiger partial charge in [-0.25, -0.2) is 4.98 Å². The van der Waals surface area contributed by atoms with E-state index < -0.39 is 0 Å². The van der Waals surface area contributed by atoms with Gasteiger partial charge in [0.05, 0.1) is 12.2 Å². The second kappa shape index (κ2) is 6.00. The lowest BCUT2D eigenvalue weighted by atomic mass is 10.0. The van der Waals surface area contributed by atoms with Gasteiger partial charge in [-0.1, -0.05) is 13.8 Å². The number of rotatable bonds is 4. The normalized spacial score (nSPS) is 23.6. The molecule has 0 unspecified atom stereocenters. The molecular weight excluding hydrogens is 264 g/mol. The smallest absolute Gasteiger partial charge is 0.224 e. The van der Waals surface area contributed by atoms with Crippen molar-refractivity contribution in [1.29, 1.82) is 0 Å². The average Bonchev–Trinajstić information content (AvgIpc) is 3.30. The van der Waals surface area contributed by atoms with Crippen molar-refractivity contribution in [3.05, 3.63) is 18.6 Å². The maximum absolute atomic E-state index is 12.5. The summed E-state index contributed by atoms with van der Waals surface area (Å²) in [6, 6.07) is 0.266. The number of hydrogen-bond donors (Lipinski definition) is 0. The van der Waals surface area contributed by atoms with Gasteiger partial charge in [0.15, 0.2) is 0 Å². The second-order valence-corrected chi connectivity index (χ2v) is 6.56. The number of aromatic nitrogens is 2. The molecule has 1 aliphatic heterocycles. The predicted octanol–water partition coefficient (Wildman–Crippen LogP) is 1.95. The minimum Gasteiger partial charge on any atom is -0.353 e. The van der Waals surface area contributed by atoms with Gasteiger partial charge in [0, 0.05) is 38.4 Å². The Bertz CT molecular complexity index is 486. The monoisotopic (exact) mass is 288 g/mol. The van der Waals surface area contributed by atoms with E-state index in [0.29, 0.717) is 18.2 Å². The Morgan fingerprint density at radius 2 is 2.14 bits per heavy atom. The molecule has 0 aromatic carbocycles. The summed E-state index contributed by atoms with van der Waals surface area (Å²) in [6.07, 6.45) is 8.33. The fourth-order valence-electron chi connectivity index (χ4n) is 3.02. The van der Waals surface area contributed by atoms with Crippen molar-refractivity contribution in [2.45, 2.75) is 39.2 Å². The Hall–Kier alpha value is -1.65. The van der Waals surface area contributed by atoms with E-state index in [2.05, 4.69) is 33.6 Å². The summed E-state index contributed by atoms with van der Waals surface area (Å²) in [5.74, 6) is 2.36. The summed E-state index contributed by atoms with van der Waals surface area (Å²) in [4.78, 5) is 25.4. The molecule has 0 bridgehead atoms. The standard InChI is InChI=1S/C16H24N4O/c1-12(2)14-11-19(15-9-17-6-7-18-15)8-5-16(21)20(14)10-13-3-4-13/h6-7,9,12-14H,3-5,8,10-11H2,1-2H3/t14-/m0/s1. The molecule has 1 saturated carbocycles. The molecule has 2 heterocycles. The molecule has 0 N–H and O–H groups in total. The Labute approximate surface area is 126 Å². The highest BCUT2D eigenvalue weighted by Gasteiger charge is 2.35. The number of amides is 1. The van der Waals surface area contributed by atoms with Crippen LogP contribution in [0.5, 0.6) is 0 Å². The highest BCUT2D eigenvalue weighted by Crippen LogP contribution is 2.32. The zero-order chi connectivity index (χ0) is 14.8. The number of hydrogen-bond acceptors (Lipinski definition) is 4. The molecule has 1 aliphatic carbocycles. The first-order valence-electron chi connectivity index (χ1n) is 7.95. The minimum absolute atomic E-state index is 0.266. The maximum atomic E-state index is 12.5. The minimum atomic E-state index is 0.266. The molecule has 5 heteroatoms. The van der Waals surface area contributed by atoms with Gasteiger partial charge in [-0.15, -0.1) is 0 Å². The summed E-state index contributed by atoms with van der Waals surface area (Å²) >= 11 is 0.